The third kappa shape index (κ3) is 3.29. The van der Waals surface area contributed by atoms with Gasteiger partial charge in [-0.2, -0.15) is 0 Å². The van der Waals surface area contributed by atoms with E-state index in [2.05, 4.69) is 120 Å². The van der Waals surface area contributed by atoms with Gasteiger partial charge < -0.3 is 4.98 Å². The number of aromatic nitrogens is 1. The number of rotatable bonds is 3. The zero-order valence-corrected chi connectivity index (χ0v) is 17.3. The van der Waals surface area contributed by atoms with Crippen molar-refractivity contribution in [1.82, 2.24) is 4.98 Å². The topological polar surface area (TPSA) is 15.8 Å². The van der Waals surface area contributed by atoms with Gasteiger partial charge in [0, 0.05) is 27.7 Å². The number of H-pyrrole nitrogens is 1. The SMILES string of the molecule is C1=CCC(c2cc(-c3ccccc3)cc(-c3ccc4c(c3)[nH]c3ccccc34)c2)C=C1. The van der Waals surface area contributed by atoms with Crippen molar-refractivity contribution in [2.24, 2.45) is 0 Å². The van der Waals surface area contributed by atoms with Gasteiger partial charge in [-0.25, -0.2) is 0 Å². The molecule has 1 heteroatoms. The van der Waals surface area contributed by atoms with Crippen LogP contribution in [-0.2, 0) is 0 Å². The van der Waals surface area contributed by atoms with Crippen LogP contribution in [0.3, 0.4) is 0 Å². The van der Waals surface area contributed by atoms with Gasteiger partial charge in [0.15, 0.2) is 0 Å². The van der Waals surface area contributed by atoms with E-state index in [0.29, 0.717) is 5.92 Å². The lowest BCUT2D eigenvalue weighted by Gasteiger charge is -2.17. The molecule has 0 bridgehead atoms. The predicted octanol–water partition coefficient (Wildman–Crippen LogP) is 8.25. The van der Waals surface area contributed by atoms with Gasteiger partial charge in [-0.15, -0.1) is 0 Å². The van der Waals surface area contributed by atoms with Gasteiger partial charge in [0.1, 0.15) is 0 Å². The lowest BCUT2D eigenvalue weighted by atomic mass is 9.87. The van der Waals surface area contributed by atoms with Gasteiger partial charge in [-0.1, -0.05) is 97.1 Å². The van der Waals surface area contributed by atoms with Crippen LogP contribution in [0.15, 0.2) is 115 Å². The van der Waals surface area contributed by atoms with Gasteiger partial charge >= 0.3 is 0 Å². The number of para-hydroxylation sites is 1. The fraction of sp³-hybridized carbons (Fsp3) is 0.0667. The summed E-state index contributed by atoms with van der Waals surface area (Å²) in [5, 5.41) is 2.56. The number of nitrogens with one attached hydrogen (secondary N) is 1. The van der Waals surface area contributed by atoms with Crippen LogP contribution in [0.1, 0.15) is 17.9 Å². The normalized spacial score (nSPS) is 15.7. The highest BCUT2D eigenvalue weighted by molar-refractivity contribution is 6.08. The van der Waals surface area contributed by atoms with Crippen molar-refractivity contribution in [3.63, 3.8) is 0 Å². The molecular weight excluding hydrogens is 374 g/mol. The van der Waals surface area contributed by atoms with Crippen LogP contribution in [-0.4, -0.2) is 4.98 Å². The Balaban J connectivity index is 1.52. The summed E-state index contributed by atoms with van der Waals surface area (Å²) < 4.78 is 0. The maximum atomic E-state index is 3.59. The molecule has 1 aliphatic carbocycles. The summed E-state index contributed by atoms with van der Waals surface area (Å²) in [5.74, 6) is 0.421. The molecule has 1 nitrogen and oxygen atoms in total. The maximum absolute atomic E-state index is 3.59. The van der Waals surface area contributed by atoms with Crippen LogP contribution >= 0.6 is 0 Å². The van der Waals surface area contributed by atoms with Crippen LogP contribution in [0.4, 0.5) is 0 Å². The molecule has 0 spiro atoms. The van der Waals surface area contributed by atoms with E-state index in [1.807, 2.05) is 0 Å². The molecule has 0 radical (unpaired) electrons. The molecule has 1 heterocycles. The second-order valence-electron chi connectivity index (χ2n) is 8.30. The minimum atomic E-state index is 0.421. The Hall–Kier alpha value is -3.84. The molecule has 0 saturated heterocycles. The van der Waals surface area contributed by atoms with E-state index in [-0.39, 0.29) is 0 Å². The van der Waals surface area contributed by atoms with Crippen LogP contribution in [0, 0.1) is 0 Å². The van der Waals surface area contributed by atoms with E-state index in [0.717, 1.165) is 6.42 Å². The van der Waals surface area contributed by atoms with E-state index in [4.69, 9.17) is 0 Å². The number of aromatic amines is 1. The van der Waals surface area contributed by atoms with Crippen molar-refractivity contribution in [2.45, 2.75) is 12.3 Å². The number of allylic oxidation sites excluding steroid dienone is 4. The summed E-state index contributed by atoms with van der Waals surface area (Å²) in [6.45, 7) is 0. The minimum absolute atomic E-state index is 0.421. The molecule has 1 aromatic heterocycles. The Bertz CT molecular complexity index is 1450. The number of fused-ring (bicyclic) bond motifs is 3. The highest BCUT2D eigenvalue weighted by Gasteiger charge is 2.13. The fourth-order valence-electron chi connectivity index (χ4n) is 4.69. The smallest absolute Gasteiger partial charge is 0.0471 e. The van der Waals surface area contributed by atoms with Gasteiger partial charge in [-0.05, 0) is 52.4 Å². The molecule has 0 fully saturated rings. The van der Waals surface area contributed by atoms with Crippen molar-refractivity contribution in [3.05, 3.63) is 121 Å². The van der Waals surface area contributed by atoms with Crippen molar-refractivity contribution >= 4 is 21.8 Å². The van der Waals surface area contributed by atoms with E-state index in [9.17, 15) is 0 Å². The van der Waals surface area contributed by atoms with E-state index >= 15 is 0 Å². The van der Waals surface area contributed by atoms with Crippen molar-refractivity contribution < 1.29 is 0 Å². The third-order valence-corrected chi connectivity index (χ3v) is 6.31. The average Bonchev–Trinajstić information content (AvgIpc) is 3.23. The summed E-state index contributed by atoms with van der Waals surface area (Å²) in [6, 6.07) is 33.1. The van der Waals surface area contributed by atoms with Crippen LogP contribution in [0.25, 0.3) is 44.1 Å². The Morgan fingerprint density at radius 1 is 0.581 bits per heavy atom. The predicted molar refractivity (Wildman–Crippen MR) is 132 cm³/mol. The molecular formula is C30H23N. The van der Waals surface area contributed by atoms with Crippen molar-refractivity contribution in [3.8, 4) is 22.3 Å². The molecule has 1 unspecified atom stereocenters. The highest BCUT2D eigenvalue weighted by Crippen LogP contribution is 2.35. The largest absolute Gasteiger partial charge is 0.354 e. The average molecular weight is 398 g/mol. The highest BCUT2D eigenvalue weighted by atomic mass is 14.7. The Kier molecular flexibility index (Phi) is 4.32. The minimum Gasteiger partial charge on any atom is -0.354 e. The molecule has 6 rings (SSSR count). The molecule has 0 saturated carbocycles. The summed E-state index contributed by atoms with van der Waals surface area (Å²) in [4.78, 5) is 3.59. The lowest BCUT2D eigenvalue weighted by molar-refractivity contribution is 0.854. The number of hydrogen-bond donors (Lipinski definition) is 1. The zero-order chi connectivity index (χ0) is 20.6. The molecule has 31 heavy (non-hydrogen) atoms. The van der Waals surface area contributed by atoms with Crippen molar-refractivity contribution in [1.29, 1.82) is 0 Å². The zero-order valence-electron chi connectivity index (χ0n) is 17.3. The summed E-state index contributed by atoms with van der Waals surface area (Å²) in [7, 11) is 0. The molecule has 5 aromatic rings. The standard InChI is InChI=1S/C30H23N/c1-3-9-21(10-4-1)24-17-25(22-11-5-2-6-12-22)19-26(18-24)23-15-16-28-27-13-7-8-14-29(27)31-30(28)20-23/h1-11,13-20,22,31H,12H2. The van der Waals surface area contributed by atoms with E-state index < -0.39 is 0 Å². The molecule has 1 N–H and O–H groups in total. The summed E-state index contributed by atoms with van der Waals surface area (Å²) in [5.41, 5.74) is 8.78. The second kappa shape index (κ2) is 7.45. The lowest BCUT2D eigenvalue weighted by Crippen LogP contribution is -1.97. The van der Waals surface area contributed by atoms with Crippen molar-refractivity contribution in [2.75, 3.05) is 0 Å². The molecule has 1 aliphatic rings. The third-order valence-electron chi connectivity index (χ3n) is 6.31. The number of hydrogen-bond acceptors (Lipinski definition) is 0. The summed E-state index contributed by atoms with van der Waals surface area (Å²) >= 11 is 0. The second-order valence-corrected chi connectivity index (χ2v) is 8.30. The van der Waals surface area contributed by atoms with E-state index in [1.54, 1.807) is 0 Å². The van der Waals surface area contributed by atoms with Crippen LogP contribution in [0.2, 0.25) is 0 Å². The quantitative estimate of drug-likeness (QED) is 0.315. The Morgan fingerprint density at radius 2 is 1.35 bits per heavy atom. The first-order valence-electron chi connectivity index (χ1n) is 10.9. The maximum Gasteiger partial charge on any atom is 0.0471 e. The number of benzene rings is 4. The Labute approximate surface area is 182 Å². The van der Waals surface area contributed by atoms with Gasteiger partial charge in [0.25, 0.3) is 0 Å². The fourth-order valence-corrected chi connectivity index (χ4v) is 4.69. The summed E-state index contributed by atoms with van der Waals surface area (Å²) in [6.07, 6.45) is 9.93. The molecule has 0 amide bonds. The van der Waals surface area contributed by atoms with Crippen LogP contribution < -0.4 is 0 Å². The first-order valence-corrected chi connectivity index (χ1v) is 10.9. The molecule has 1 atom stereocenters. The molecule has 148 valence electrons. The van der Waals surface area contributed by atoms with Gasteiger partial charge in [-0.3, -0.25) is 0 Å². The monoisotopic (exact) mass is 397 g/mol. The first kappa shape index (κ1) is 18.0. The Morgan fingerprint density at radius 3 is 2.19 bits per heavy atom. The molecule has 4 aromatic carbocycles. The van der Waals surface area contributed by atoms with Crippen LogP contribution in [0.5, 0.6) is 0 Å². The molecule has 0 aliphatic heterocycles. The first-order chi connectivity index (χ1) is 15.3. The van der Waals surface area contributed by atoms with Gasteiger partial charge in [0.2, 0.25) is 0 Å². The van der Waals surface area contributed by atoms with Gasteiger partial charge in [0.05, 0.1) is 0 Å². The van der Waals surface area contributed by atoms with E-state index in [1.165, 1.54) is 49.6 Å².